The summed E-state index contributed by atoms with van der Waals surface area (Å²) in [6.45, 7) is 10.4. The molecule has 120 valence electrons. The van der Waals surface area contributed by atoms with Gasteiger partial charge in [0.2, 0.25) is 0 Å². The Labute approximate surface area is 129 Å². The number of terminal acetylenes is 1. The monoisotopic (exact) mass is 294 g/mol. The van der Waals surface area contributed by atoms with Crippen LogP contribution in [0.4, 0.5) is 4.79 Å². The smallest absolute Gasteiger partial charge is 0.410 e. The van der Waals surface area contributed by atoms with E-state index in [0.717, 1.165) is 45.3 Å². The van der Waals surface area contributed by atoms with E-state index >= 15 is 0 Å². The van der Waals surface area contributed by atoms with Crippen LogP contribution in [0, 0.1) is 18.3 Å². The van der Waals surface area contributed by atoms with Gasteiger partial charge in [0.1, 0.15) is 5.60 Å². The van der Waals surface area contributed by atoms with Crippen molar-refractivity contribution in [2.75, 3.05) is 19.6 Å². The zero-order valence-electron chi connectivity index (χ0n) is 13.9. The first-order valence-corrected chi connectivity index (χ1v) is 8.02. The van der Waals surface area contributed by atoms with E-state index in [0.29, 0.717) is 12.0 Å². The summed E-state index contributed by atoms with van der Waals surface area (Å²) in [6, 6.07) is 0.397. The molecular weight excluding hydrogens is 264 g/mol. The summed E-state index contributed by atoms with van der Waals surface area (Å²) in [5.41, 5.74) is -0.432. The Morgan fingerprint density at radius 3 is 2.81 bits per heavy atom. The Balaban J connectivity index is 2.52. The predicted octanol–water partition coefficient (Wildman–Crippen LogP) is 3.03. The van der Waals surface area contributed by atoms with Gasteiger partial charge in [-0.15, -0.1) is 12.3 Å². The van der Waals surface area contributed by atoms with E-state index in [1.165, 1.54) is 0 Å². The number of rotatable bonds is 6. The molecule has 2 atom stereocenters. The second-order valence-electron chi connectivity index (χ2n) is 6.78. The fourth-order valence-electron chi connectivity index (χ4n) is 2.68. The quantitative estimate of drug-likeness (QED) is 0.766. The van der Waals surface area contributed by atoms with Crippen LogP contribution in [-0.4, -0.2) is 42.3 Å². The lowest BCUT2D eigenvalue weighted by Gasteiger charge is -2.26. The second kappa shape index (κ2) is 8.29. The van der Waals surface area contributed by atoms with Crippen LogP contribution in [0.2, 0.25) is 0 Å². The third-order valence-corrected chi connectivity index (χ3v) is 3.70. The third-order valence-electron chi connectivity index (χ3n) is 3.70. The highest BCUT2D eigenvalue weighted by Gasteiger charge is 2.33. The molecule has 0 saturated carbocycles. The summed E-state index contributed by atoms with van der Waals surface area (Å²) in [7, 11) is 0. The van der Waals surface area contributed by atoms with Crippen LogP contribution in [0.1, 0.15) is 53.4 Å². The number of nitrogens with one attached hydrogen (secondary N) is 1. The van der Waals surface area contributed by atoms with E-state index in [4.69, 9.17) is 11.2 Å². The molecule has 1 aliphatic heterocycles. The molecule has 1 N–H and O–H groups in total. The van der Waals surface area contributed by atoms with Gasteiger partial charge in [0, 0.05) is 25.6 Å². The first-order valence-electron chi connectivity index (χ1n) is 8.02. The second-order valence-corrected chi connectivity index (χ2v) is 6.78. The summed E-state index contributed by atoms with van der Waals surface area (Å²) < 4.78 is 5.45. The summed E-state index contributed by atoms with van der Waals surface area (Å²) in [5, 5.41) is 3.58. The normalized spacial score (nSPS) is 20.1. The zero-order valence-corrected chi connectivity index (χ0v) is 13.9. The van der Waals surface area contributed by atoms with Gasteiger partial charge in [-0.05, 0) is 52.5 Å². The number of ether oxygens (including phenoxy) is 1. The Bertz CT molecular complexity index is 368. The molecule has 0 aliphatic carbocycles. The zero-order chi connectivity index (χ0) is 15.9. The number of hydrogen-bond donors (Lipinski definition) is 1. The molecule has 0 spiro atoms. The number of hydrogen-bond acceptors (Lipinski definition) is 3. The van der Waals surface area contributed by atoms with E-state index < -0.39 is 5.60 Å². The summed E-state index contributed by atoms with van der Waals surface area (Å²) in [4.78, 5) is 13.9. The van der Waals surface area contributed by atoms with Gasteiger partial charge in [-0.25, -0.2) is 4.79 Å². The fourth-order valence-corrected chi connectivity index (χ4v) is 2.68. The van der Waals surface area contributed by atoms with Crippen molar-refractivity contribution >= 4 is 6.09 Å². The minimum atomic E-state index is -0.432. The maximum Gasteiger partial charge on any atom is 0.410 e. The largest absolute Gasteiger partial charge is 0.444 e. The van der Waals surface area contributed by atoms with Crippen LogP contribution >= 0.6 is 0 Å². The summed E-state index contributed by atoms with van der Waals surface area (Å²) in [5.74, 6) is 3.19. The van der Waals surface area contributed by atoms with Crippen molar-refractivity contribution in [3.05, 3.63) is 0 Å². The highest BCUT2D eigenvalue weighted by molar-refractivity contribution is 5.68. The molecule has 1 amide bonds. The molecule has 0 aromatic heterocycles. The molecule has 1 aliphatic rings. The molecule has 0 bridgehead atoms. The number of carbonyl (C=O) groups is 1. The summed E-state index contributed by atoms with van der Waals surface area (Å²) >= 11 is 0. The molecule has 0 radical (unpaired) electrons. The summed E-state index contributed by atoms with van der Waals surface area (Å²) in [6.07, 6.45) is 9.07. The Morgan fingerprint density at radius 1 is 1.52 bits per heavy atom. The molecular formula is C17H30N2O2. The highest BCUT2D eigenvalue weighted by atomic mass is 16.6. The third kappa shape index (κ3) is 6.39. The van der Waals surface area contributed by atoms with Crippen molar-refractivity contribution in [1.82, 2.24) is 10.2 Å². The minimum absolute atomic E-state index is 0.198. The van der Waals surface area contributed by atoms with Gasteiger partial charge in [0.15, 0.2) is 0 Å². The van der Waals surface area contributed by atoms with Crippen LogP contribution in [0.15, 0.2) is 0 Å². The number of likely N-dealkylation sites (tertiary alicyclic amines) is 1. The van der Waals surface area contributed by atoms with Gasteiger partial charge in [0.05, 0.1) is 0 Å². The van der Waals surface area contributed by atoms with Crippen LogP contribution in [0.3, 0.4) is 0 Å². The van der Waals surface area contributed by atoms with E-state index in [9.17, 15) is 4.79 Å². The Hall–Kier alpha value is -1.21. The lowest BCUT2D eigenvalue weighted by molar-refractivity contribution is 0.0285. The van der Waals surface area contributed by atoms with Crippen molar-refractivity contribution in [3.63, 3.8) is 0 Å². The average Bonchev–Trinajstić information content (AvgIpc) is 2.86. The number of nitrogens with zero attached hydrogens (tertiary/aromatic N) is 1. The van der Waals surface area contributed by atoms with Crippen molar-refractivity contribution in [2.45, 2.75) is 65.0 Å². The predicted molar refractivity (Wildman–Crippen MR) is 86.1 cm³/mol. The van der Waals surface area contributed by atoms with Crippen molar-refractivity contribution < 1.29 is 9.53 Å². The highest BCUT2D eigenvalue weighted by Crippen LogP contribution is 2.24. The molecule has 0 aromatic rings. The molecule has 4 heteroatoms. The first kappa shape index (κ1) is 17.8. The topological polar surface area (TPSA) is 41.6 Å². The van der Waals surface area contributed by atoms with Gasteiger partial charge in [-0.3, -0.25) is 0 Å². The molecule has 1 fully saturated rings. The van der Waals surface area contributed by atoms with Gasteiger partial charge in [-0.1, -0.05) is 6.92 Å². The number of carbonyl (C=O) groups excluding carboxylic acids is 1. The fraction of sp³-hybridized carbons (Fsp3) is 0.824. The van der Waals surface area contributed by atoms with E-state index in [1.807, 2.05) is 25.7 Å². The van der Waals surface area contributed by atoms with Gasteiger partial charge in [0.25, 0.3) is 0 Å². The molecule has 1 rings (SSSR count). The van der Waals surface area contributed by atoms with Crippen LogP contribution in [0.5, 0.6) is 0 Å². The first-order chi connectivity index (χ1) is 9.87. The number of amides is 1. The standard InChI is InChI=1S/C17H30N2O2/c1-6-8-9-15(18-11-7-2)14-10-12-19(13-14)16(20)21-17(3,4)5/h1,14-15,18H,7-13H2,2-5H3. The van der Waals surface area contributed by atoms with Gasteiger partial charge >= 0.3 is 6.09 Å². The van der Waals surface area contributed by atoms with Crippen LogP contribution < -0.4 is 5.32 Å². The minimum Gasteiger partial charge on any atom is -0.444 e. The van der Waals surface area contributed by atoms with Gasteiger partial charge < -0.3 is 15.0 Å². The molecule has 0 aromatic carbocycles. The van der Waals surface area contributed by atoms with Crippen molar-refractivity contribution in [1.29, 1.82) is 0 Å². The van der Waals surface area contributed by atoms with Crippen molar-refractivity contribution in [3.8, 4) is 12.3 Å². The average molecular weight is 294 g/mol. The van der Waals surface area contributed by atoms with E-state index in [-0.39, 0.29) is 6.09 Å². The van der Waals surface area contributed by atoms with Crippen LogP contribution in [-0.2, 0) is 4.74 Å². The maximum atomic E-state index is 12.1. The van der Waals surface area contributed by atoms with Crippen LogP contribution in [0.25, 0.3) is 0 Å². The van der Waals surface area contributed by atoms with Crippen molar-refractivity contribution in [2.24, 2.45) is 5.92 Å². The van der Waals surface area contributed by atoms with Gasteiger partial charge in [-0.2, -0.15) is 0 Å². The Kier molecular flexibility index (Phi) is 7.04. The molecule has 2 unspecified atom stereocenters. The SMILES string of the molecule is C#CCCC(NCCC)C1CCN(C(=O)OC(C)(C)C)C1. The lowest BCUT2D eigenvalue weighted by atomic mass is 9.94. The van der Waals surface area contributed by atoms with E-state index in [2.05, 4.69) is 18.2 Å². The van der Waals surface area contributed by atoms with E-state index in [1.54, 1.807) is 0 Å². The molecule has 1 heterocycles. The Morgan fingerprint density at radius 2 is 2.24 bits per heavy atom. The lowest BCUT2D eigenvalue weighted by Crippen LogP contribution is -2.40. The molecule has 4 nitrogen and oxygen atoms in total. The molecule has 1 saturated heterocycles. The maximum absolute atomic E-state index is 12.1. The molecule has 21 heavy (non-hydrogen) atoms.